The van der Waals surface area contributed by atoms with Gasteiger partial charge in [0.1, 0.15) is 0 Å². The fourth-order valence-corrected chi connectivity index (χ4v) is 2.86. The molecule has 102 valence electrons. The molecule has 3 nitrogen and oxygen atoms in total. The van der Waals surface area contributed by atoms with Crippen LogP contribution < -0.4 is 5.73 Å². The molecule has 0 bridgehead atoms. The van der Waals surface area contributed by atoms with Gasteiger partial charge < -0.3 is 10.3 Å². The van der Waals surface area contributed by atoms with Crippen LogP contribution in [0.5, 0.6) is 0 Å². The third-order valence-electron chi connectivity index (χ3n) is 4.30. The van der Waals surface area contributed by atoms with E-state index in [-0.39, 0.29) is 0 Å². The molecule has 1 aromatic rings. The standard InChI is InChI=1S/C15H27N3/c1-4-13(7-12-5-6-12)18-10-17-9-15(18)14(8-16)11(2)3/h9-14H,4-8,16H2,1-3H3. The molecule has 3 heteroatoms. The summed E-state index contributed by atoms with van der Waals surface area (Å²) in [6.07, 6.45) is 9.38. The van der Waals surface area contributed by atoms with Crippen LogP contribution in [0.1, 0.15) is 64.1 Å². The first-order chi connectivity index (χ1) is 8.67. The van der Waals surface area contributed by atoms with Gasteiger partial charge in [0.2, 0.25) is 0 Å². The molecule has 1 aromatic heterocycles. The maximum Gasteiger partial charge on any atom is 0.0950 e. The molecule has 0 aliphatic heterocycles. The quantitative estimate of drug-likeness (QED) is 0.805. The third-order valence-corrected chi connectivity index (χ3v) is 4.30. The number of aromatic nitrogens is 2. The Bertz CT molecular complexity index is 366. The maximum absolute atomic E-state index is 5.95. The summed E-state index contributed by atoms with van der Waals surface area (Å²) < 4.78 is 2.40. The van der Waals surface area contributed by atoms with E-state index < -0.39 is 0 Å². The molecule has 1 aliphatic rings. The molecule has 0 radical (unpaired) electrons. The van der Waals surface area contributed by atoms with E-state index >= 15 is 0 Å². The smallest absolute Gasteiger partial charge is 0.0950 e. The zero-order valence-electron chi connectivity index (χ0n) is 12.0. The molecule has 1 saturated carbocycles. The molecule has 1 heterocycles. The van der Waals surface area contributed by atoms with Gasteiger partial charge in [0.15, 0.2) is 0 Å². The molecule has 18 heavy (non-hydrogen) atoms. The van der Waals surface area contributed by atoms with Gasteiger partial charge >= 0.3 is 0 Å². The number of rotatable bonds is 7. The molecule has 0 aromatic carbocycles. The van der Waals surface area contributed by atoms with Gasteiger partial charge in [-0.05, 0) is 24.7 Å². The van der Waals surface area contributed by atoms with Crippen LogP contribution in [0.2, 0.25) is 0 Å². The molecule has 0 amide bonds. The summed E-state index contributed by atoms with van der Waals surface area (Å²) in [6.45, 7) is 7.49. The van der Waals surface area contributed by atoms with Crippen molar-refractivity contribution in [2.75, 3.05) is 6.54 Å². The van der Waals surface area contributed by atoms with E-state index in [2.05, 4.69) is 30.3 Å². The second-order valence-corrected chi connectivity index (χ2v) is 6.05. The van der Waals surface area contributed by atoms with Crippen molar-refractivity contribution in [2.45, 2.75) is 58.4 Å². The maximum atomic E-state index is 5.95. The predicted octanol–water partition coefficient (Wildman–Crippen LogP) is 3.33. The molecule has 2 unspecified atom stereocenters. The highest BCUT2D eigenvalue weighted by Crippen LogP contribution is 2.39. The normalized spacial score (nSPS) is 19.2. The fraction of sp³-hybridized carbons (Fsp3) is 0.800. The van der Waals surface area contributed by atoms with Gasteiger partial charge in [-0.15, -0.1) is 0 Å². The summed E-state index contributed by atoms with van der Waals surface area (Å²) >= 11 is 0. The van der Waals surface area contributed by atoms with Gasteiger partial charge in [0, 0.05) is 30.4 Å². The fourth-order valence-electron chi connectivity index (χ4n) is 2.86. The van der Waals surface area contributed by atoms with Crippen molar-refractivity contribution in [3.8, 4) is 0 Å². The van der Waals surface area contributed by atoms with E-state index in [4.69, 9.17) is 5.73 Å². The molecule has 2 atom stereocenters. The molecular formula is C15H27N3. The van der Waals surface area contributed by atoms with Gasteiger partial charge in [-0.1, -0.05) is 33.6 Å². The Kier molecular flexibility index (Phi) is 4.44. The first kappa shape index (κ1) is 13.6. The summed E-state index contributed by atoms with van der Waals surface area (Å²) in [7, 11) is 0. The van der Waals surface area contributed by atoms with Crippen LogP contribution in [-0.2, 0) is 0 Å². The van der Waals surface area contributed by atoms with Crippen molar-refractivity contribution in [1.82, 2.24) is 9.55 Å². The van der Waals surface area contributed by atoms with E-state index in [1.165, 1.54) is 31.4 Å². The number of nitrogens with two attached hydrogens (primary N) is 1. The Balaban J connectivity index is 2.18. The largest absolute Gasteiger partial charge is 0.331 e. The minimum absolute atomic E-state index is 0.431. The Morgan fingerprint density at radius 1 is 1.44 bits per heavy atom. The second-order valence-electron chi connectivity index (χ2n) is 6.05. The average Bonchev–Trinajstić information content (AvgIpc) is 3.04. The topological polar surface area (TPSA) is 43.8 Å². The van der Waals surface area contributed by atoms with Crippen LogP contribution in [0, 0.1) is 11.8 Å². The number of nitrogens with zero attached hydrogens (tertiary/aromatic N) is 2. The Hall–Kier alpha value is -0.830. The van der Waals surface area contributed by atoms with E-state index in [0.29, 0.717) is 24.4 Å². The molecule has 0 saturated heterocycles. The summed E-state index contributed by atoms with van der Waals surface area (Å²) in [5.74, 6) is 1.96. The van der Waals surface area contributed by atoms with Crippen LogP contribution in [0.4, 0.5) is 0 Å². The van der Waals surface area contributed by atoms with Crippen LogP contribution in [0.25, 0.3) is 0 Å². The van der Waals surface area contributed by atoms with Gasteiger partial charge in [0.25, 0.3) is 0 Å². The summed E-state index contributed by atoms with van der Waals surface area (Å²) in [4.78, 5) is 4.38. The van der Waals surface area contributed by atoms with Crippen LogP contribution in [-0.4, -0.2) is 16.1 Å². The lowest BCUT2D eigenvalue weighted by Crippen LogP contribution is -2.22. The molecule has 1 aliphatic carbocycles. The predicted molar refractivity (Wildman–Crippen MR) is 75.5 cm³/mol. The molecule has 2 rings (SSSR count). The number of hydrogen-bond acceptors (Lipinski definition) is 2. The summed E-state index contributed by atoms with van der Waals surface area (Å²) in [6, 6.07) is 0.614. The monoisotopic (exact) mass is 249 g/mol. The van der Waals surface area contributed by atoms with Crippen LogP contribution >= 0.6 is 0 Å². The Morgan fingerprint density at radius 3 is 2.67 bits per heavy atom. The van der Waals surface area contributed by atoms with Crippen molar-refractivity contribution < 1.29 is 0 Å². The number of hydrogen-bond donors (Lipinski definition) is 1. The molecule has 0 spiro atoms. The van der Waals surface area contributed by atoms with Crippen molar-refractivity contribution in [3.63, 3.8) is 0 Å². The Labute approximate surface area is 111 Å². The highest BCUT2D eigenvalue weighted by molar-refractivity contribution is 5.09. The van der Waals surface area contributed by atoms with E-state index in [1.807, 2.05) is 12.5 Å². The highest BCUT2D eigenvalue weighted by Gasteiger charge is 2.27. The number of imidazole rings is 1. The lowest BCUT2D eigenvalue weighted by atomic mass is 9.92. The first-order valence-electron chi connectivity index (χ1n) is 7.39. The van der Waals surface area contributed by atoms with Gasteiger partial charge in [-0.2, -0.15) is 0 Å². The van der Waals surface area contributed by atoms with Gasteiger partial charge in [-0.25, -0.2) is 4.98 Å². The summed E-state index contributed by atoms with van der Waals surface area (Å²) in [5.41, 5.74) is 7.28. The van der Waals surface area contributed by atoms with Gasteiger partial charge in [-0.3, -0.25) is 0 Å². The van der Waals surface area contributed by atoms with Crippen molar-refractivity contribution >= 4 is 0 Å². The zero-order chi connectivity index (χ0) is 13.1. The Morgan fingerprint density at radius 2 is 2.17 bits per heavy atom. The van der Waals surface area contributed by atoms with E-state index in [9.17, 15) is 0 Å². The van der Waals surface area contributed by atoms with E-state index in [0.717, 1.165) is 5.92 Å². The summed E-state index contributed by atoms with van der Waals surface area (Å²) in [5, 5.41) is 0. The molecular weight excluding hydrogens is 222 g/mol. The minimum Gasteiger partial charge on any atom is -0.331 e. The molecule has 1 fully saturated rings. The average molecular weight is 249 g/mol. The van der Waals surface area contributed by atoms with Crippen LogP contribution in [0.3, 0.4) is 0 Å². The third kappa shape index (κ3) is 2.94. The lowest BCUT2D eigenvalue weighted by Gasteiger charge is -2.25. The minimum atomic E-state index is 0.431. The lowest BCUT2D eigenvalue weighted by molar-refractivity contribution is 0.389. The van der Waals surface area contributed by atoms with Crippen molar-refractivity contribution in [1.29, 1.82) is 0 Å². The second kappa shape index (κ2) is 5.87. The highest BCUT2D eigenvalue weighted by atomic mass is 15.1. The zero-order valence-corrected chi connectivity index (χ0v) is 12.0. The first-order valence-corrected chi connectivity index (χ1v) is 7.39. The van der Waals surface area contributed by atoms with Crippen molar-refractivity contribution in [3.05, 3.63) is 18.2 Å². The SMILES string of the molecule is CCC(CC1CC1)n1cncc1C(CN)C(C)C. The van der Waals surface area contributed by atoms with Crippen LogP contribution in [0.15, 0.2) is 12.5 Å². The van der Waals surface area contributed by atoms with E-state index in [1.54, 1.807) is 0 Å². The van der Waals surface area contributed by atoms with Crippen molar-refractivity contribution in [2.24, 2.45) is 17.6 Å². The van der Waals surface area contributed by atoms with Gasteiger partial charge in [0.05, 0.1) is 6.33 Å². The molecule has 2 N–H and O–H groups in total.